The Morgan fingerprint density at radius 1 is 0.906 bits per heavy atom. The van der Waals surface area contributed by atoms with E-state index in [0.717, 1.165) is 11.8 Å². The molecule has 13 heteroatoms. The van der Waals surface area contributed by atoms with Crippen molar-refractivity contribution in [1.29, 1.82) is 0 Å². The molecule has 1 aromatic carbocycles. The van der Waals surface area contributed by atoms with E-state index in [0.29, 0.717) is 17.7 Å². The Balaban J connectivity index is 1.48. The van der Waals surface area contributed by atoms with Gasteiger partial charge in [0, 0.05) is 17.0 Å². The van der Waals surface area contributed by atoms with Gasteiger partial charge in [0.15, 0.2) is 26.3 Å². The molecule has 2 heterocycles. The van der Waals surface area contributed by atoms with E-state index in [4.69, 9.17) is 4.74 Å². The fraction of sp³-hybridized carbons (Fsp3) is 0.526. The molecule has 2 saturated heterocycles. The zero-order chi connectivity index (χ0) is 23.4. The summed E-state index contributed by atoms with van der Waals surface area (Å²) in [5, 5.41) is 5.22. The Kier molecular flexibility index (Phi) is 7.83. The quantitative estimate of drug-likeness (QED) is 0.354. The summed E-state index contributed by atoms with van der Waals surface area (Å²) in [6.45, 7) is -0.551. The Morgan fingerprint density at radius 3 is 2.03 bits per heavy atom. The van der Waals surface area contributed by atoms with Crippen LogP contribution in [0.4, 0.5) is 0 Å². The molecular formula is C19H24N2O8S3. The van der Waals surface area contributed by atoms with Crippen LogP contribution in [0.3, 0.4) is 0 Å². The highest BCUT2D eigenvalue weighted by atomic mass is 32.2. The average molecular weight is 505 g/mol. The van der Waals surface area contributed by atoms with Gasteiger partial charge in [-0.15, -0.1) is 11.8 Å². The summed E-state index contributed by atoms with van der Waals surface area (Å²) in [5.41, 5.74) is 0.185. The third-order valence-electron chi connectivity index (χ3n) is 5.00. The van der Waals surface area contributed by atoms with Crippen LogP contribution < -0.4 is 10.6 Å². The number of thioether (sulfide) groups is 1. The summed E-state index contributed by atoms with van der Waals surface area (Å²) in [5.74, 6) is -1.80. The standard InChI is InChI=1S/C19H24N2O8S3/c22-17(20-13-5-7-31(25,26)11-13)9-29-19(24)15-3-1-2-4-16(15)30-10-18(23)21-14-6-8-32(27,28)12-14/h1-4,13-14H,5-12H2,(H,20,22)(H,21,23)/t13-,14-/m1/s1. The van der Waals surface area contributed by atoms with E-state index in [1.807, 2.05) is 0 Å². The lowest BCUT2D eigenvalue weighted by Gasteiger charge is -2.13. The van der Waals surface area contributed by atoms with Gasteiger partial charge in [-0.1, -0.05) is 12.1 Å². The van der Waals surface area contributed by atoms with E-state index in [1.54, 1.807) is 18.2 Å². The lowest BCUT2D eigenvalue weighted by Crippen LogP contribution is -2.38. The number of sulfone groups is 2. The van der Waals surface area contributed by atoms with Gasteiger partial charge in [-0.25, -0.2) is 21.6 Å². The minimum atomic E-state index is -3.14. The summed E-state index contributed by atoms with van der Waals surface area (Å²) in [4.78, 5) is 37.0. The number of carbonyl (C=O) groups excluding carboxylic acids is 3. The van der Waals surface area contributed by atoms with E-state index in [2.05, 4.69) is 10.6 Å². The van der Waals surface area contributed by atoms with E-state index in [1.165, 1.54) is 6.07 Å². The van der Waals surface area contributed by atoms with Crippen molar-refractivity contribution in [3.05, 3.63) is 29.8 Å². The summed E-state index contributed by atoms with van der Waals surface area (Å²) < 4.78 is 50.9. The second kappa shape index (κ2) is 10.2. The molecule has 0 unspecified atom stereocenters. The van der Waals surface area contributed by atoms with Gasteiger partial charge in [-0.05, 0) is 25.0 Å². The topological polar surface area (TPSA) is 153 Å². The largest absolute Gasteiger partial charge is 0.452 e. The van der Waals surface area contributed by atoms with Crippen molar-refractivity contribution in [3.8, 4) is 0 Å². The Hall–Kier alpha value is -2.12. The first-order chi connectivity index (χ1) is 15.0. The van der Waals surface area contributed by atoms with E-state index in [-0.39, 0.29) is 40.2 Å². The van der Waals surface area contributed by atoms with Crippen molar-refractivity contribution in [2.24, 2.45) is 0 Å². The number of hydrogen-bond acceptors (Lipinski definition) is 9. The number of ether oxygens (including phenoxy) is 1. The third-order valence-corrected chi connectivity index (χ3v) is 9.60. The predicted octanol–water partition coefficient (Wildman–Crippen LogP) is -0.458. The summed E-state index contributed by atoms with van der Waals surface area (Å²) in [6, 6.07) is 5.57. The number of amides is 2. The van der Waals surface area contributed by atoms with Crippen LogP contribution in [-0.4, -0.2) is 82.1 Å². The maximum absolute atomic E-state index is 12.4. The molecule has 1 aromatic rings. The fourth-order valence-corrected chi connectivity index (χ4v) is 7.67. The Labute approximate surface area is 190 Å². The van der Waals surface area contributed by atoms with Crippen molar-refractivity contribution >= 4 is 49.2 Å². The second-order valence-electron chi connectivity index (χ2n) is 7.70. The van der Waals surface area contributed by atoms with Gasteiger partial charge in [0.1, 0.15) is 0 Å². The summed E-state index contributed by atoms with van der Waals surface area (Å²) in [6.07, 6.45) is 0.715. The Morgan fingerprint density at radius 2 is 1.47 bits per heavy atom. The molecule has 32 heavy (non-hydrogen) atoms. The fourth-order valence-electron chi connectivity index (χ4n) is 3.47. The van der Waals surface area contributed by atoms with Gasteiger partial charge in [0.2, 0.25) is 5.91 Å². The van der Waals surface area contributed by atoms with Gasteiger partial charge in [0.25, 0.3) is 5.91 Å². The van der Waals surface area contributed by atoms with Crippen LogP contribution in [0.2, 0.25) is 0 Å². The highest BCUT2D eigenvalue weighted by Crippen LogP contribution is 2.23. The van der Waals surface area contributed by atoms with Gasteiger partial charge in [-0.2, -0.15) is 0 Å². The van der Waals surface area contributed by atoms with Crippen LogP contribution in [0.15, 0.2) is 29.2 Å². The van der Waals surface area contributed by atoms with Crippen LogP contribution in [-0.2, 0) is 34.0 Å². The van der Waals surface area contributed by atoms with E-state index in [9.17, 15) is 31.2 Å². The first-order valence-electron chi connectivity index (χ1n) is 9.91. The highest BCUT2D eigenvalue weighted by Gasteiger charge is 2.30. The zero-order valence-electron chi connectivity index (χ0n) is 17.1. The van der Waals surface area contributed by atoms with Gasteiger partial charge in [0.05, 0.1) is 34.3 Å². The van der Waals surface area contributed by atoms with Crippen molar-refractivity contribution in [2.75, 3.05) is 35.4 Å². The lowest BCUT2D eigenvalue weighted by atomic mass is 10.2. The molecule has 2 aliphatic heterocycles. The molecule has 2 fully saturated rings. The SMILES string of the molecule is O=C(COC(=O)c1ccccc1SCC(=O)N[C@@H]1CCS(=O)(=O)C1)N[C@@H]1CCS(=O)(=O)C1. The monoisotopic (exact) mass is 504 g/mol. The normalized spacial score (nSPS) is 23.4. The highest BCUT2D eigenvalue weighted by molar-refractivity contribution is 8.00. The van der Waals surface area contributed by atoms with Gasteiger partial charge in [-0.3, -0.25) is 9.59 Å². The predicted molar refractivity (Wildman–Crippen MR) is 118 cm³/mol. The summed E-state index contributed by atoms with van der Waals surface area (Å²) in [7, 11) is -6.23. The molecular weight excluding hydrogens is 480 g/mol. The molecule has 0 bridgehead atoms. The first kappa shape index (κ1) is 24.5. The number of carbonyl (C=O) groups is 3. The van der Waals surface area contributed by atoms with Crippen LogP contribution in [0.1, 0.15) is 23.2 Å². The van der Waals surface area contributed by atoms with Crippen LogP contribution in [0.25, 0.3) is 0 Å². The summed E-state index contributed by atoms with van der Waals surface area (Å²) >= 11 is 1.10. The molecule has 176 valence electrons. The number of esters is 1. The van der Waals surface area contributed by atoms with Crippen LogP contribution in [0.5, 0.6) is 0 Å². The van der Waals surface area contributed by atoms with Crippen molar-refractivity contribution < 1.29 is 36.0 Å². The Bertz CT molecular complexity index is 1100. The van der Waals surface area contributed by atoms with Gasteiger partial charge < -0.3 is 15.4 Å². The molecule has 0 saturated carbocycles. The minimum absolute atomic E-state index is 0.0164. The van der Waals surface area contributed by atoms with Crippen molar-refractivity contribution in [3.63, 3.8) is 0 Å². The molecule has 2 amide bonds. The first-order valence-corrected chi connectivity index (χ1v) is 14.5. The smallest absolute Gasteiger partial charge is 0.339 e. The molecule has 0 aromatic heterocycles. The number of rotatable bonds is 8. The maximum Gasteiger partial charge on any atom is 0.339 e. The number of nitrogens with one attached hydrogen (secondary N) is 2. The molecule has 0 spiro atoms. The number of benzene rings is 1. The van der Waals surface area contributed by atoms with E-state index >= 15 is 0 Å². The molecule has 0 aliphatic carbocycles. The van der Waals surface area contributed by atoms with E-state index < -0.39 is 50.2 Å². The average Bonchev–Trinajstić information content (AvgIpc) is 3.24. The maximum atomic E-state index is 12.4. The zero-order valence-corrected chi connectivity index (χ0v) is 19.6. The molecule has 0 radical (unpaired) electrons. The van der Waals surface area contributed by atoms with Crippen molar-refractivity contribution in [2.45, 2.75) is 29.8 Å². The molecule has 3 rings (SSSR count). The lowest BCUT2D eigenvalue weighted by molar-refractivity contribution is -0.124. The molecule has 2 N–H and O–H groups in total. The second-order valence-corrected chi connectivity index (χ2v) is 13.2. The molecule has 2 aliphatic rings. The van der Waals surface area contributed by atoms with Gasteiger partial charge >= 0.3 is 5.97 Å². The van der Waals surface area contributed by atoms with Crippen LogP contribution in [0, 0.1) is 0 Å². The number of hydrogen-bond donors (Lipinski definition) is 2. The molecule has 2 atom stereocenters. The van der Waals surface area contributed by atoms with Crippen molar-refractivity contribution in [1.82, 2.24) is 10.6 Å². The van der Waals surface area contributed by atoms with Crippen LogP contribution >= 0.6 is 11.8 Å². The third kappa shape index (κ3) is 7.20. The minimum Gasteiger partial charge on any atom is -0.452 e. The molecule has 10 nitrogen and oxygen atoms in total.